The van der Waals surface area contributed by atoms with Gasteiger partial charge in [0.15, 0.2) is 0 Å². The zero-order chi connectivity index (χ0) is 10.2. The number of rotatable bonds is 0. The molecule has 1 nitrogen and oxygen atoms in total. The third-order valence-electron chi connectivity index (χ3n) is 2.71. The number of benzene rings is 1. The summed E-state index contributed by atoms with van der Waals surface area (Å²) in [6, 6.07) is 8.47. The molecular weight excluding hydrogens is 170 g/mol. The highest BCUT2D eigenvalue weighted by Gasteiger charge is 2.23. The van der Waals surface area contributed by atoms with E-state index < -0.39 is 0 Å². The summed E-state index contributed by atoms with van der Waals surface area (Å²) < 4.78 is 0. The third-order valence-corrected chi connectivity index (χ3v) is 2.71. The van der Waals surface area contributed by atoms with Crippen LogP contribution in [0.15, 0.2) is 29.3 Å². The van der Waals surface area contributed by atoms with Gasteiger partial charge >= 0.3 is 0 Å². The molecule has 0 fully saturated rings. The second-order valence-corrected chi connectivity index (χ2v) is 4.99. The van der Waals surface area contributed by atoms with Crippen LogP contribution in [0.25, 0.3) is 0 Å². The number of hydrogen-bond acceptors (Lipinski definition) is 1. The Hall–Kier alpha value is -1.11. The van der Waals surface area contributed by atoms with E-state index in [0.717, 1.165) is 18.5 Å². The largest absolute Gasteiger partial charge is 0.258 e. The topological polar surface area (TPSA) is 12.4 Å². The van der Waals surface area contributed by atoms with Gasteiger partial charge in [0.25, 0.3) is 0 Å². The minimum Gasteiger partial charge on any atom is -0.258 e. The summed E-state index contributed by atoms with van der Waals surface area (Å²) in [6.07, 6.45) is 2.23. The van der Waals surface area contributed by atoms with Crippen LogP contribution in [0.5, 0.6) is 0 Å². The van der Waals surface area contributed by atoms with Crippen molar-refractivity contribution >= 4 is 11.4 Å². The lowest BCUT2D eigenvalue weighted by Gasteiger charge is -2.22. The molecule has 0 aliphatic carbocycles. The lowest BCUT2D eigenvalue weighted by Crippen LogP contribution is -2.16. The van der Waals surface area contributed by atoms with Gasteiger partial charge in [0.05, 0.1) is 5.69 Å². The van der Waals surface area contributed by atoms with Crippen molar-refractivity contribution in [2.45, 2.75) is 33.6 Å². The van der Waals surface area contributed by atoms with Crippen molar-refractivity contribution in [1.82, 2.24) is 0 Å². The molecule has 74 valence electrons. The van der Waals surface area contributed by atoms with Crippen LogP contribution in [0.1, 0.15) is 32.8 Å². The first-order chi connectivity index (χ1) is 6.57. The second kappa shape index (κ2) is 3.23. The van der Waals surface area contributed by atoms with E-state index in [1.165, 1.54) is 11.3 Å². The second-order valence-electron chi connectivity index (χ2n) is 4.99. The van der Waals surface area contributed by atoms with Crippen LogP contribution in [-0.2, 0) is 6.42 Å². The molecule has 0 bridgehead atoms. The fraction of sp³-hybridized carbons (Fsp3) is 0.462. The normalized spacial score (nSPS) is 19.5. The number of nitrogens with zero attached hydrogens (tertiary/aromatic N) is 1. The smallest absolute Gasteiger partial charge is 0.0661 e. The van der Waals surface area contributed by atoms with Gasteiger partial charge in [-0.05, 0) is 36.8 Å². The highest BCUT2D eigenvalue weighted by molar-refractivity contribution is 5.86. The molecule has 1 aliphatic heterocycles. The van der Waals surface area contributed by atoms with Crippen molar-refractivity contribution in [3.63, 3.8) is 0 Å². The van der Waals surface area contributed by atoms with Gasteiger partial charge < -0.3 is 0 Å². The first-order valence-electron chi connectivity index (χ1n) is 5.19. The fourth-order valence-corrected chi connectivity index (χ4v) is 2.29. The van der Waals surface area contributed by atoms with Crippen LogP contribution in [0, 0.1) is 5.41 Å². The number of hydrogen-bond donors (Lipinski definition) is 0. The molecule has 1 aromatic carbocycles. The summed E-state index contributed by atoms with van der Waals surface area (Å²) in [6.45, 7) is 6.76. The average molecular weight is 187 g/mol. The van der Waals surface area contributed by atoms with E-state index in [4.69, 9.17) is 0 Å². The van der Waals surface area contributed by atoms with Gasteiger partial charge in [-0.15, -0.1) is 0 Å². The summed E-state index contributed by atoms with van der Waals surface area (Å²) in [5, 5.41) is 0. The summed E-state index contributed by atoms with van der Waals surface area (Å²) >= 11 is 0. The zero-order valence-electron chi connectivity index (χ0n) is 9.17. The molecule has 0 N–H and O–H groups in total. The SMILES string of the molecule is CC1=Nc2ccccc2CC(C)(C)C1. The molecule has 1 heteroatoms. The van der Waals surface area contributed by atoms with E-state index >= 15 is 0 Å². The molecule has 0 amide bonds. The maximum atomic E-state index is 4.65. The van der Waals surface area contributed by atoms with Crippen LogP contribution in [0.3, 0.4) is 0 Å². The average Bonchev–Trinajstić information content (AvgIpc) is 2.16. The predicted molar refractivity (Wildman–Crippen MR) is 61.3 cm³/mol. The van der Waals surface area contributed by atoms with Crippen LogP contribution >= 0.6 is 0 Å². The lowest BCUT2D eigenvalue weighted by atomic mass is 9.82. The van der Waals surface area contributed by atoms with E-state index in [1.54, 1.807) is 0 Å². The van der Waals surface area contributed by atoms with E-state index in [0.29, 0.717) is 5.41 Å². The molecule has 0 radical (unpaired) electrons. The standard InChI is InChI=1S/C13H17N/c1-10-8-13(2,3)9-11-6-4-5-7-12(11)14-10/h4-7H,8-9H2,1-3H3. The Bertz CT molecular complexity index is 375. The molecule has 1 aromatic rings. The van der Waals surface area contributed by atoms with Crippen LogP contribution in [0.4, 0.5) is 5.69 Å². The van der Waals surface area contributed by atoms with Gasteiger partial charge in [-0.25, -0.2) is 0 Å². The third kappa shape index (κ3) is 1.87. The molecule has 14 heavy (non-hydrogen) atoms. The molecule has 2 rings (SSSR count). The Labute approximate surface area is 85.9 Å². The van der Waals surface area contributed by atoms with E-state index in [9.17, 15) is 0 Å². The van der Waals surface area contributed by atoms with Gasteiger partial charge in [-0.1, -0.05) is 32.0 Å². The molecular formula is C13H17N. The van der Waals surface area contributed by atoms with Gasteiger partial charge in [0, 0.05) is 5.71 Å². The van der Waals surface area contributed by atoms with Crippen molar-refractivity contribution in [2.75, 3.05) is 0 Å². The molecule has 0 aromatic heterocycles. The Morgan fingerprint density at radius 1 is 1.14 bits per heavy atom. The van der Waals surface area contributed by atoms with Gasteiger partial charge in [-0.2, -0.15) is 0 Å². The van der Waals surface area contributed by atoms with Crippen molar-refractivity contribution in [1.29, 1.82) is 0 Å². The van der Waals surface area contributed by atoms with E-state index in [-0.39, 0.29) is 0 Å². The van der Waals surface area contributed by atoms with Crippen molar-refractivity contribution < 1.29 is 0 Å². The minimum atomic E-state index is 0.347. The van der Waals surface area contributed by atoms with E-state index in [2.05, 4.69) is 50.0 Å². The maximum Gasteiger partial charge on any atom is 0.0661 e. The molecule has 0 saturated carbocycles. The Balaban J connectivity index is 2.49. The van der Waals surface area contributed by atoms with Crippen LogP contribution < -0.4 is 0 Å². The van der Waals surface area contributed by atoms with Crippen LogP contribution in [0.2, 0.25) is 0 Å². The Kier molecular flexibility index (Phi) is 2.18. The van der Waals surface area contributed by atoms with Gasteiger partial charge in [0.1, 0.15) is 0 Å². The highest BCUT2D eigenvalue weighted by Crippen LogP contribution is 2.34. The molecule has 0 spiro atoms. The first-order valence-corrected chi connectivity index (χ1v) is 5.19. The minimum absolute atomic E-state index is 0.347. The quantitative estimate of drug-likeness (QED) is 0.586. The molecule has 0 atom stereocenters. The zero-order valence-corrected chi connectivity index (χ0v) is 9.17. The fourth-order valence-electron chi connectivity index (χ4n) is 2.29. The Morgan fingerprint density at radius 3 is 2.64 bits per heavy atom. The number of para-hydroxylation sites is 1. The molecule has 0 unspecified atom stereocenters. The van der Waals surface area contributed by atoms with Crippen molar-refractivity contribution in [2.24, 2.45) is 10.4 Å². The monoisotopic (exact) mass is 187 g/mol. The van der Waals surface area contributed by atoms with Crippen LogP contribution in [-0.4, -0.2) is 5.71 Å². The summed E-state index contributed by atoms with van der Waals surface area (Å²) in [7, 11) is 0. The van der Waals surface area contributed by atoms with Crippen molar-refractivity contribution in [3.8, 4) is 0 Å². The van der Waals surface area contributed by atoms with E-state index in [1.807, 2.05) is 0 Å². The number of fused-ring (bicyclic) bond motifs is 1. The summed E-state index contributed by atoms with van der Waals surface area (Å²) in [5.74, 6) is 0. The highest BCUT2D eigenvalue weighted by atomic mass is 14.8. The number of aliphatic imine (C=N–C) groups is 1. The molecule has 1 aliphatic rings. The summed E-state index contributed by atoms with van der Waals surface area (Å²) in [5.41, 5.74) is 4.14. The Morgan fingerprint density at radius 2 is 1.86 bits per heavy atom. The van der Waals surface area contributed by atoms with Gasteiger partial charge in [0.2, 0.25) is 0 Å². The molecule has 0 saturated heterocycles. The summed E-state index contributed by atoms with van der Waals surface area (Å²) in [4.78, 5) is 4.65. The first kappa shape index (κ1) is 9.45. The maximum absolute atomic E-state index is 4.65. The van der Waals surface area contributed by atoms with Crippen molar-refractivity contribution in [3.05, 3.63) is 29.8 Å². The lowest BCUT2D eigenvalue weighted by molar-refractivity contribution is 0.383. The molecule has 1 heterocycles. The van der Waals surface area contributed by atoms with Gasteiger partial charge in [-0.3, -0.25) is 4.99 Å². The predicted octanol–water partition coefficient (Wildman–Crippen LogP) is 3.75.